The summed E-state index contributed by atoms with van der Waals surface area (Å²) < 4.78 is 0. The Hall–Kier alpha value is -3.28. The SMILES string of the molecule is Cc1cc(C)c(NC(=O)c2cc(NCc3ccncc3)nc(C)n2)c(C)c1. The van der Waals surface area contributed by atoms with Crippen LogP contribution in [-0.2, 0) is 6.54 Å². The second-order valence-electron chi connectivity index (χ2n) is 6.62. The monoisotopic (exact) mass is 361 g/mol. The van der Waals surface area contributed by atoms with Crippen molar-refractivity contribution < 1.29 is 4.79 Å². The van der Waals surface area contributed by atoms with Crippen LogP contribution in [0.3, 0.4) is 0 Å². The van der Waals surface area contributed by atoms with Gasteiger partial charge in [0.15, 0.2) is 0 Å². The normalized spacial score (nSPS) is 10.5. The summed E-state index contributed by atoms with van der Waals surface area (Å²) in [4.78, 5) is 25.4. The van der Waals surface area contributed by atoms with Crippen LogP contribution in [0.5, 0.6) is 0 Å². The predicted octanol–water partition coefficient (Wildman–Crippen LogP) is 3.97. The smallest absolute Gasteiger partial charge is 0.274 e. The van der Waals surface area contributed by atoms with Crippen molar-refractivity contribution >= 4 is 17.4 Å². The molecule has 0 unspecified atom stereocenters. The molecule has 6 nitrogen and oxygen atoms in total. The number of anilines is 2. The maximum Gasteiger partial charge on any atom is 0.274 e. The van der Waals surface area contributed by atoms with Gasteiger partial charge in [-0.15, -0.1) is 0 Å². The summed E-state index contributed by atoms with van der Waals surface area (Å²) in [6, 6.07) is 9.63. The van der Waals surface area contributed by atoms with Gasteiger partial charge in [-0.1, -0.05) is 17.7 Å². The summed E-state index contributed by atoms with van der Waals surface area (Å²) in [5.41, 5.74) is 5.47. The molecule has 0 bridgehead atoms. The second kappa shape index (κ2) is 7.95. The molecule has 3 rings (SSSR count). The maximum atomic E-state index is 12.7. The fraction of sp³-hybridized carbons (Fsp3) is 0.238. The summed E-state index contributed by atoms with van der Waals surface area (Å²) >= 11 is 0. The largest absolute Gasteiger partial charge is 0.366 e. The number of nitrogens with zero attached hydrogens (tertiary/aromatic N) is 3. The van der Waals surface area contributed by atoms with Gasteiger partial charge in [0.2, 0.25) is 0 Å². The van der Waals surface area contributed by atoms with Crippen molar-refractivity contribution in [1.82, 2.24) is 15.0 Å². The molecule has 1 amide bonds. The molecule has 27 heavy (non-hydrogen) atoms. The molecule has 0 radical (unpaired) electrons. The fourth-order valence-electron chi connectivity index (χ4n) is 3.02. The van der Waals surface area contributed by atoms with Crippen molar-refractivity contribution in [1.29, 1.82) is 0 Å². The average molecular weight is 361 g/mol. The van der Waals surface area contributed by atoms with E-state index in [9.17, 15) is 4.79 Å². The molecule has 2 N–H and O–H groups in total. The number of hydrogen-bond donors (Lipinski definition) is 2. The first-order valence-corrected chi connectivity index (χ1v) is 8.80. The van der Waals surface area contributed by atoms with Gasteiger partial charge in [0.05, 0.1) is 0 Å². The van der Waals surface area contributed by atoms with E-state index in [1.807, 2.05) is 32.9 Å². The number of carbonyl (C=O) groups excluding carboxylic acids is 1. The molecule has 0 aliphatic carbocycles. The van der Waals surface area contributed by atoms with Gasteiger partial charge in [-0.25, -0.2) is 9.97 Å². The number of amides is 1. The van der Waals surface area contributed by atoms with Crippen LogP contribution in [0, 0.1) is 27.7 Å². The number of aromatic nitrogens is 3. The third-order valence-corrected chi connectivity index (χ3v) is 4.21. The molecule has 0 atom stereocenters. The summed E-state index contributed by atoms with van der Waals surface area (Å²) in [5.74, 6) is 0.904. The molecule has 1 aromatic carbocycles. The fourth-order valence-corrected chi connectivity index (χ4v) is 3.02. The zero-order valence-corrected chi connectivity index (χ0v) is 16.0. The number of pyridine rings is 1. The van der Waals surface area contributed by atoms with Crippen molar-refractivity contribution in [2.24, 2.45) is 0 Å². The lowest BCUT2D eigenvalue weighted by atomic mass is 10.0. The Labute approximate surface area is 159 Å². The Morgan fingerprint density at radius 3 is 2.30 bits per heavy atom. The summed E-state index contributed by atoms with van der Waals surface area (Å²) in [7, 11) is 0. The molecule has 138 valence electrons. The Morgan fingerprint density at radius 2 is 1.63 bits per heavy atom. The Bertz CT molecular complexity index is 947. The topological polar surface area (TPSA) is 79.8 Å². The Balaban J connectivity index is 1.78. The number of nitrogens with one attached hydrogen (secondary N) is 2. The van der Waals surface area contributed by atoms with Gasteiger partial charge in [0.1, 0.15) is 17.3 Å². The van der Waals surface area contributed by atoms with Gasteiger partial charge in [0.25, 0.3) is 5.91 Å². The number of hydrogen-bond acceptors (Lipinski definition) is 5. The summed E-state index contributed by atoms with van der Waals surface area (Å²) in [6.07, 6.45) is 3.49. The van der Waals surface area contributed by atoms with Crippen LogP contribution in [0.2, 0.25) is 0 Å². The van der Waals surface area contributed by atoms with Crippen LogP contribution in [0.25, 0.3) is 0 Å². The minimum Gasteiger partial charge on any atom is -0.366 e. The quantitative estimate of drug-likeness (QED) is 0.719. The molecule has 2 heterocycles. The van der Waals surface area contributed by atoms with Crippen LogP contribution in [0.1, 0.15) is 38.6 Å². The third-order valence-electron chi connectivity index (χ3n) is 4.21. The van der Waals surface area contributed by atoms with Crippen molar-refractivity contribution in [2.75, 3.05) is 10.6 Å². The number of aryl methyl sites for hydroxylation is 4. The highest BCUT2D eigenvalue weighted by molar-refractivity contribution is 6.04. The number of rotatable bonds is 5. The highest BCUT2D eigenvalue weighted by Gasteiger charge is 2.13. The molecule has 0 saturated carbocycles. The molecule has 2 aromatic heterocycles. The average Bonchev–Trinajstić information content (AvgIpc) is 2.63. The molecular weight excluding hydrogens is 338 g/mol. The zero-order valence-electron chi connectivity index (χ0n) is 16.0. The minimum atomic E-state index is -0.248. The van der Waals surface area contributed by atoms with Crippen LogP contribution in [0.4, 0.5) is 11.5 Å². The van der Waals surface area contributed by atoms with Gasteiger partial charge in [0, 0.05) is 30.7 Å². The summed E-state index contributed by atoms with van der Waals surface area (Å²) in [5, 5.41) is 6.22. The van der Waals surface area contributed by atoms with Gasteiger partial charge >= 0.3 is 0 Å². The number of benzene rings is 1. The molecule has 0 aliphatic rings. The second-order valence-corrected chi connectivity index (χ2v) is 6.62. The zero-order chi connectivity index (χ0) is 19.4. The molecule has 0 spiro atoms. The van der Waals surface area contributed by atoms with Crippen molar-refractivity contribution in [3.63, 3.8) is 0 Å². The third kappa shape index (κ3) is 4.67. The van der Waals surface area contributed by atoms with E-state index < -0.39 is 0 Å². The highest BCUT2D eigenvalue weighted by Crippen LogP contribution is 2.22. The van der Waals surface area contributed by atoms with Crippen LogP contribution < -0.4 is 10.6 Å². The van der Waals surface area contributed by atoms with Crippen molar-refractivity contribution in [3.8, 4) is 0 Å². The van der Waals surface area contributed by atoms with E-state index in [1.165, 1.54) is 5.56 Å². The van der Waals surface area contributed by atoms with Crippen LogP contribution in [0.15, 0.2) is 42.7 Å². The lowest BCUT2D eigenvalue weighted by Gasteiger charge is -2.13. The van der Waals surface area contributed by atoms with Crippen LogP contribution >= 0.6 is 0 Å². The van der Waals surface area contributed by atoms with Crippen molar-refractivity contribution in [2.45, 2.75) is 34.2 Å². The maximum absolute atomic E-state index is 12.7. The number of carbonyl (C=O) groups is 1. The highest BCUT2D eigenvalue weighted by atomic mass is 16.1. The van der Waals surface area contributed by atoms with Gasteiger partial charge in [-0.2, -0.15) is 0 Å². The van der Waals surface area contributed by atoms with E-state index in [0.29, 0.717) is 23.9 Å². The standard InChI is InChI=1S/C21H23N5O/c1-13-9-14(2)20(15(3)10-13)26-21(27)18-11-19(25-16(4)24-18)23-12-17-5-7-22-8-6-17/h5-11H,12H2,1-4H3,(H,26,27)(H,23,24,25). The molecule has 0 fully saturated rings. The minimum absolute atomic E-state index is 0.248. The van der Waals surface area contributed by atoms with Gasteiger partial charge < -0.3 is 10.6 Å². The van der Waals surface area contributed by atoms with E-state index in [1.54, 1.807) is 25.4 Å². The first kappa shape index (κ1) is 18.5. The van der Waals surface area contributed by atoms with E-state index in [4.69, 9.17) is 0 Å². The van der Waals surface area contributed by atoms with E-state index in [-0.39, 0.29) is 5.91 Å². The molecule has 0 aliphatic heterocycles. The lowest BCUT2D eigenvalue weighted by molar-refractivity contribution is 0.102. The Morgan fingerprint density at radius 1 is 0.963 bits per heavy atom. The van der Waals surface area contributed by atoms with Crippen molar-refractivity contribution in [3.05, 3.63) is 76.5 Å². The lowest BCUT2D eigenvalue weighted by Crippen LogP contribution is -2.17. The molecule has 3 aromatic rings. The molecule has 0 saturated heterocycles. The summed E-state index contributed by atoms with van der Waals surface area (Å²) in [6.45, 7) is 8.39. The van der Waals surface area contributed by atoms with Crippen LogP contribution in [-0.4, -0.2) is 20.9 Å². The van der Waals surface area contributed by atoms with E-state index >= 15 is 0 Å². The van der Waals surface area contributed by atoms with Gasteiger partial charge in [-0.05, 0) is 56.5 Å². The molecular formula is C21H23N5O. The first-order chi connectivity index (χ1) is 12.9. The first-order valence-electron chi connectivity index (χ1n) is 8.80. The predicted molar refractivity (Wildman–Crippen MR) is 107 cm³/mol. The van der Waals surface area contributed by atoms with E-state index in [2.05, 4.69) is 37.7 Å². The molecule has 6 heteroatoms. The Kier molecular flexibility index (Phi) is 5.45. The van der Waals surface area contributed by atoms with E-state index in [0.717, 1.165) is 22.4 Å². The van der Waals surface area contributed by atoms with Gasteiger partial charge in [-0.3, -0.25) is 9.78 Å².